The normalized spacial score (nSPS) is 34.0. The van der Waals surface area contributed by atoms with Crippen molar-refractivity contribution < 1.29 is 27.7 Å². The molecule has 6 nitrogen and oxygen atoms in total. The number of hydrogen-bond donors (Lipinski definition) is 0. The zero-order valence-electron chi connectivity index (χ0n) is 11.8. The SMILES string of the molecule is CC(C)(C)OC(=O)/C=C/[C@H]1C[C@@H]2C=CCOP(=O)(O2)O1. The standard InChI is InChI=1S/C13H19O6P/c1-13(2,3)17-12(14)7-6-11-9-10-5-4-8-16-20(15,18-10)19-11/h4-7,10-11H,8-9H2,1-3H3/b7-6+/t10-,11-,20?/m0/s1. The Bertz CT molecular complexity index is 476. The van der Waals surface area contributed by atoms with Crippen molar-refractivity contribution in [3.63, 3.8) is 0 Å². The average molecular weight is 302 g/mol. The Kier molecular flexibility index (Phi) is 4.49. The summed E-state index contributed by atoms with van der Waals surface area (Å²) in [7, 11) is -3.53. The summed E-state index contributed by atoms with van der Waals surface area (Å²) in [6.07, 6.45) is 5.98. The van der Waals surface area contributed by atoms with Gasteiger partial charge in [-0.1, -0.05) is 12.2 Å². The Labute approximate surface area is 118 Å². The van der Waals surface area contributed by atoms with E-state index < -0.39 is 25.5 Å². The molecule has 0 spiro atoms. The quantitative estimate of drug-likeness (QED) is 0.338. The minimum absolute atomic E-state index is 0.191. The number of hydrogen-bond acceptors (Lipinski definition) is 6. The molecule has 2 aliphatic heterocycles. The first-order chi connectivity index (χ1) is 9.26. The van der Waals surface area contributed by atoms with Gasteiger partial charge in [-0.25, -0.2) is 9.36 Å². The fourth-order valence-corrected chi connectivity index (χ4v) is 3.24. The molecule has 0 radical (unpaired) electrons. The third kappa shape index (κ3) is 4.56. The highest BCUT2D eigenvalue weighted by atomic mass is 31.2. The van der Waals surface area contributed by atoms with Crippen LogP contribution >= 0.6 is 7.82 Å². The van der Waals surface area contributed by atoms with Crippen LogP contribution in [0.5, 0.6) is 0 Å². The van der Waals surface area contributed by atoms with Crippen LogP contribution in [0.2, 0.25) is 0 Å². The van der Waals surface area contributed by atoms with Crippen molar-refractivity contribution in [2.45, 2.75) is 45.0 Å². The largest absolute Gasteiger partial charge is 0.476 e. The highest BCUT2D eigenvalue weighted by Crippen LogP contribution is 2.56. The summed E-state index contributed by atoms with van der Waals surface area (Å²) < 4.78 is 32.8. The maximum absolute atomic E-state index is 12.1. The monoisotopic (exact) mass is 302 g/mol. The number of phosphoric ester groups is 1. The van der Waals surface area contributed by atoms with Crippen LogP contribution in [0.25, 0.3) is 0 Å². The highest BCUT2D eigenvalue weighted by molar-refractivity contribution is 7.48. The van der Waals surface area contributed by atoms with Crippen molar-refractivity contribution in [1.82, 2.24) is 0 Å². The zero-order valence-corrected chi connectivity index (χ0v) is 12.7. The third-order valence-corrected chi connectivity index (χ3v) is 4.05. The number of carbonyl (C=O) groups is 1. The molecular formula is C13H19O6P. The molecule has 2 bridgehead atoms. The van der Waals surface area contributed by atoms with Gasteiger partial charge in [-0.3, -0.25) is 13.6 Å². The van der Waals surface area contributed by atoms with Crippen molar-refractivity contribution >= 4 is 13.8 Å². The molecule has 3 atom stereocenters. The van der Waals surface area contributed by atoms with E-state index in [1.165, 1.54) is 12.2 Å². The van der Waals surface area contributed by atoms with E-state index in [0.717, 1.165) is 0 Å². The van der Waals surface area contributed by atoms with Crippen LogP contribution in [0.3, 0.4) is 0 Å². The molecule has 0 aromatic carbocycles. The summed E-state index contributed by atoms with van der Waals surface area (Å²) in [5, 5.41) is 0. The average Bonchev–Trinajstić information content (AvgIpc) is 2.42. The van der Waals surface area contributed by atoms with E-state index in [0.29, 0.717) is 6.42 Å². The minimum Gasteiger partial charge on any atom is -0.457 e. The first-order valence-electron chi connectivity index (χ1n) is 6.45. The number of esters is 1. The van der Waals surface area contributed by atoms with E-state index in [1.807, 2.05) is 0 Å². The van der Waals surface area contributed by atoms with Crippen LogP contribution < -0.4 is 0 Å². The van der Waals surface area contributed by atoms with E-state index in [1.54, 1.807) is 32.9 Å². The molecule has 0 N–H and O–H groups in total. The topological polar surface area (TPSA) is 71.1 Å². The van der Waals surface area contributed by atoms with Crippen LogP contribution in [0.4, 0.5) is 0 Å². The van der Waals surface area contributed by atoms with Crippen LogP contribution in [-0.2, 0) is 27.7 Å². The maximum atomic E-state index is 12.1. The van der Waals surface area contributed by atoms with Crippen molar-refractivity contribution in [3.05, 3.63) is 24.3 Å². The van der Waals surface area contributed by atoms with Gasteiger partial charge in [0.25, 0.3) is 0 Å². The van der Waals surface area contributed by atoms with E-state index in [4.69, 9.17) is 18.3 Å². The summed E-state index contributed by atoms with van der Waals surface area (Å²) in [6.45, 7) is 5.55. The molecule has 1 unspecified atom stereocenters. The molecular weight excluding hydrogens is 283 g/mol. The summed E-state index contributed by atoms with van der Waals surface area (Å²) >= 11 is 0. The second-order valence-electron chi connectivity index (χ2n) is 5.59. The highest BCUT2D eigenvalue weighted by Gasteiger charge is 2.39. The predicted octanol–water partition coefficient (Wildman–Crippen LogP) is 2.75. The van der Waals surface area contributed by atoms with Gasteiger partial charge in [-0.05, 0) is 26.8 Å². The molecule has 2 heterocycles. The Balaban J connectivity index is 1.98. The Hall–Kier alpha value is -0.940. The second-order valence-corrected chi connectivity index (χ2v) is 7.16. The molecule has 20 heavy (non-hydrogen) atoms. The third-order valence-electron chi connectivity index (χ3n) is 2.53. The lowest BCUT2D eigenvalue weighted by Crippen LogP contribution is -2.26. The van der Waals surface area contributed by atoms with Gasteiger partial charge in [0, 0.05) is 12.5 Å². The van der Waals surface area contributed by atoms with Gasteiger partial charge in [0.15, 0.2) is 0 Å². The first-order valence-corrected chi connectivity index (χ1v) is 7.91. The molecule has 0 aliphatic carbocycles. The van der Waals surface area contributed by atoms with E-state index in [2.05, 4.69) is 0 Å². The number of phosphoric acid groups is 1. The lowest BCUT2D eigenvalue weighted by atomic mass is 10.1. The van der Waals surface area contributed by atoms with Crippen LogP contribution in [0, 0.1) is 0 Å². The van der Waals surface area contributed by atoms with Crippen molar-refractivity contribution in [2.24, 2.45) is 0 Å². The number of fused-ring (bicyclic) bond motifs is 2. The van der Waals surface area contributed by atoms with Gasteiger partial charge in [0.2, 0.25) is 0 Å². The maximum Gasteiger partial charge on any atom is 0.476 e. The summed E-state index contributed by atoms with van der Waals surface area (Å²) in [5.74, 6) is -0.467. The number of carbonyl (C=O) groups excluding carboxylic acids is 1. The molecule has 1 fully saturated rings. The second kappa shape index (κ2) is 5.82. The molecule has 1 saturated heterocycles. The molecule has 0 amide bonds. The number of ether oxygens (including phenoxy) is 1. The van der Waals surface area contributed by atoms with E-state index in [-0.39, 0.29) is 12.7 Å². The Morgan fingerprint density at radius 2 is 2.15 bits per heavy atom. The summed E-state index contributed by atoms with van der Waals surface area (Å²) in [6, 6.07) is 0. The Morgan fingerprint density at radius 1 is 1.40 bits per heavy atom. The summed E-state index contributed by atoms with van der Waals surface area (Å²) in [4.78, 5) is 11.6. The van der Waals surface area contributed by atoms with Crippen LogP contribution in [0.15, 0.2) is 24.3 Å². The molecule has 0 aromatic rings. The van der Waals surface area contributed by atoms with Crippen molar-refractivity contribution in [1.29, 1.82) is 0 Å². The molecule has 0 saturated carbocycles. The van der Waals surface area contributed by atoms with Crippen molar-refractivity contribution in [2.75, 3.05) is 6.61 Å². The van der Waals surface area contributed by atoms with Gasteiger partial charge in [-0.15, -0.1) is 0 Å². The van der Waals surface area contributed by atoms with Gasteiger partial charge in [-0.2, -0.15) is 0 Å². The van der Waals surface area contributed by atoms with Crippen LogP contribution in [0.1, 0.15) is 27.2 Å². The Morgan fingerprint density at radius 3 is 2.85 bits per heavy atom. The predicted molar refractivity (Wildman–Crippen MR) is 72.0 cm³/mol. The van der Waals surface area contributed by atoms with Gasteiger partial charge < -0.3 is 4.74 Å². The van der Waals surface area contributed by atoms with Gasteiger partial charge in [0.05, 0.1) is 18.8 Å². The van der Waals surface area contributed by atoms with Gasteiger partial charge >= 0.3 is 13.8 Å². The zero-order chi connectivity index (χ0) is 14.8. The van der Waals surface area contributed by atoms with Crippen LogP contribution in [-0.4, -0.2) is 30.4 Å². The lowest BCUT2D eigenvalue weighted by molar-refractivity contribution is -0.148. The summed E-state index contributed by atoms with van der Waals surface area (Å²) in [5.41, 5.74) is -0.551. The van der Waals surface area contributed by atoms with Gasteiger partial charge in [0.1, 0.15) is 5.60 Å². The molecule has 2 aliphatic rings. The molecule has 0 aromatic heterocycles. The minimum atomic E-state index is -3.53. The number of rotatable bonds is 2. The molecule has 2 rings (SSSR count). The smallest absolute Gasteiger partial charge is 0.457 e. The van der Waals surface area contributed by atoms with E-state index >= 15 is 0 Å². The fourth-order valence-electron chi connectivity index (χ4n) is 1.82. The molecule has 7 heteroatoms. The van der Waals surface area contributed by atoms with E-state index in [9.17, 15) is 9.36 Å². The lowest BCUT2D eigenvalue weighted by Gasteiger charge is -2.29. The van der Waals surface area contributed by atoms with Crippen molar-refractivity contribution in [3.8, 4) is 0 Å². The molecule has 112 valence electrons. The fraction of sp³-hybridized carbons (Fsp3) is 0.615. The first kappa shape index (κ1) is 15.4.